The molecule has 1 amide bonds. The number of rotatable bonds is 7. The second kappa shape index (κ2) is 7.74. The Balaban J connectivity index is 2.50. The maximum atomic E-state index is 11.8. The number of nitrogens with zero attached hydrogens (tertiary/aromatic N) is 1. The Morgan fingerprint density at radius 2 is 2.33 bits per heavy atom. The maximum Gasteiger partial charge on any atom is 0.260 e. The zero-order valence-electron chi connectivity index (χ0n) is 10.0. The molecule has 0 bridgehead atoms. The van der Waals surface area contributed by atoms with Gasteiger partial charge in [0.05, 0.1) is 6.61 Å². The quantitative estimate of drug-likeness (QED) is 0.767. The van der Waals surface area contributed by atoms with Gasteiger partial charge in [-0.15, -0.1) is 6.58 Å². The van der Waals surface area contributed by atoms with Gasteiger partial charge in [-0.05, 0) is 18.2 Å². The van der Waals surface area contributed by atoms with E-state index in [4.69, 9.17) is 21.4 Å². The van der Waals surface area contributed by atoms with Crippen molar-refractivity contribution >= 4 is 17.5 Å². The van der Waals surface area contributed by atoms with Crippen LogP contribution in [0.15, 0.2) is 36.9 Å². The third-order valence-corrected chi connectivity index (χ3v) is 2.47. The highest BCUT2D eigenvalue weighted by Crippen LogP contribution is 2.16. The highest BCUT2D eigenvalue weighted by atomic mass is 35.5. The number of carbonyl (C=O) groups is 1. The lowest BCUT2D eigenvalue weighted by atomic mass is 10.3. The number of halogens is 1. The van der Waals surface area contributed by atoms with E-state index in [0.29, 0.717) is 17.3 Å². The highest BCUT2D eigenvalue weighted by Gasteiger charge is 2.12. The Morgan fingerprint density at radius 1 is 1.56 bits per heavy atom. The van der Waals surface area contributed by atoms with E-state index >= 15 is 0 Å². The molecule has 4 nitrogen and oxygen atoms in total. The number of ether oxygens (including phenoxy) is 1. The monoisotopic (exact) mass is 269 g/mol. The van der Waals surface area contributed by atoms with E-state index in [2.05, 4.69) is 6.58 Å². The molecule has 0 aliphatic rings. The first-order valence-electron chi connectivity index (χ1n) is 5.55. The molecule has 98 valence electrons. The van der Waals surface area contributed by atoms with E-state index in [-0.39, 0.29) is 25.7 Å². The molecule has 0 spiro atoms. The molecule has 0 radical (unpaired) electrons. The fourth-order valence-corrected chi connectivity index (χ4v) is 1.57. The molecule has 0 saturated carbocycles. The standard InChI is InChI=1S/C13H16ClNO3/c1-2-6-15(7-8-16)13(17)10-18-12-5-3-4-11(14)9-12/h2-5,9,16H,1,6-8,10H2. The molecule has 0 atom stereocenters. The number of hydrogen-bond donors (Lipinski definition) is 1. The summed E-state index contributed by atoms with van der Waals surface area (Å²) in [5, 5.41) is 9.40. The molecule has 1 rings (SSSR count). The predicted molar refractivity (Wildman–Crippen MR) is 70.8 cm³/mol. The van der Waals surface area contributed by atoms with Gasteiger partial charge in [0.1, 0.15) is 5.75 Å². The smallest absolute Gasteiger partial charge is 0.260 e. The van der Waals surface area contributed by atoms with Gasteiger partial charge in [0.25, 0.3) is 5.91 Å². The van der Waals surface area contributed by atoms with Crippen LogP contribution in [-0.4, -0.2) is 42.2 Å². The van der Waals surface area contributed by atoms with Crippen LogP contribution in [0.3, 0.4) is 0 Å². The summed E-state index contributed by atoms with van der Waals surface area (Å²) in [5.41, 5.74) is 0. The summed E-state index contributed by atoms with van der Waals surface area (Å²) in [4.78, 5) is 13.3. The van der Waals surface area contributed by atoms with Gasteiger partial charge in [-0.3, -0.25) is 4.79 Å². The Bertz CT molecular complexity index is 409. The zero-order chi connectivity index (χ0) is 13.4. The van der Waals surface area contributed by atoms with E-state index < -0.39 is 0 Å². The maximum absolute atomic E-state index is 11.8. The molecule has 1 aromatic rings. The van der Waals surface area contributed by atoms with Gasteiger partial charge >= 0.3 is 0 Å². The SMILES string of the molecule is C=CCN(CCO)C(=O)COc1cccc(Cl)c1. The molecular formula is C13H16ClNO3. The number of hydrogen-bond acceptors (Lipinski definition) is 3. The average molecular weight is 270 g/mol. The topological polar surface area (TPSA) is 49.8 Å². The second-order valence-electron chi connectivity index (χ2n) is 3.60. The van der Waals surface area contributed by atoms with Crippen LogP contribution in [0.4, 0.5) is 0 Å². The molecule has 1 N–H and O–H groups in total. The van der Waals surface area contributed by atoms with Gasteiger partial charge in [0, 0.05) is 18.1 Å². The van der Waals surface area contributed by atoms with E-state index in [1.54, 1.807) is 30.3 Å². The summed E-state index contributed by atoms with van der Waals surface area (Å²) in [6.07, 6.45) is 1.60. The second-order valence-corrected chi connectivity index (χ2v) is 4.03. The molecule has 18 heavy (non-hydrogen) atoms. The predicted octanol–water partition coefficient (Wildman–Crippen LogP) is 1.73. The van der Waals surface area contributed by atoms with Crippen LogP contribution < -0.4 is 4.74 Å². The third-order valence-electron chi connectivity index (χ3n) is 2.23. The Labute approximate surface area is 111 Å². The lowest BCUT2D eigenvalue weighted by Crippen LogP contribution is -2.37. The van der Waals surface area contributed by atoms with Crippen molar-refractivity contribution < 1.29 is 14.6 Å². The van der Waals surface area contributed by atoms with Crippen molar-refractivity contribution in [3.8, 4) is 5.75 Å². The van der Waals surface area contributed by atoms with Crippen molar-refractivity contribution in [2.45, 2.75) is 0 Å². The zero-order valence-corrected chi connectivity index (χ0v) is 10.8. The number of aliphatic hydroxyl groups excluding tert-OH is 1. The number of benzene rings is 1. The Hall–Kier alpha value is -1.52. The number of carbonyl (C=O) groups excluding carboxylic acids is 1. The number of aliphatic hydroxyl groups is 1. The summed E-state index contributed by atoms with van der Waals surface area (Å²) < 4.78 is 5.33. The third kappa shape index (κ3) is 4.77. The van der Waals surface area contributed by atoms with Gasteiger partial charge in [-0.2, -0.15) is 0 Å². The van der Waals surface area contributed by atoms with E-state index in [1.807, 2.05) is 0 Å². The van der Waals surface area contributed by atoms with Crippen molar-refractivity contribution in [3.63, 3.8) is 0 Å². The van der Waals surface area contributed by atoms with Gasteiger partial charge in [0.2, 0.25) is 0 Å². The first-order chi connectivity index (χ1) is 8.67. The van der Waals surface area contributed by atoms with E-state index in [9.17, 15) is 4.79 Å². The van der Waals surface area contributed by atoms with E-state index in [0.717, 1.165) is 0 Å². The van der Waals surface area contributed by atoms with Crippen LogP contribution in [0.1, 0.15) is 0 Å². The average Bonchev–Trinajstić information content (AvgIpc) is 2.36. The van der Waals surface area contributed by atoms with Crippen LogP contribution >= 0.6 is 11.6 Å². The summed E-state index contributed by atoms with van der Waals surface area (Å²) in [6.45, 7) is 4.04. The largest absolute Gasteiger partial charge is 0.484 e. The summed E-state index contributed by atoms with van der Waals surface area (Å²) in [5.74, 6) is 0.335. The fourth-order valence-electron chi connectivity index (χ4n) is 1.39. The fraction of sp³-hybridized carbons (Fsp3) is 0.308. The molecular weight excluding hydrogens is 254 g/mol. The number of amides is 1. The van der Waals surface area contributed by atoms with Crippen molar-refractivity contribution in [1.29, 1.82) is 0 Å². The van der Waals surface area contributed by atoms with Crippen molar-refractivity contribution in [2.75, 3.05) is 26.3 Å². The summed E-state index contributed by atoms with van der Waals surface area (Å²) >= 11 is 5.80. The Morgan fingerprint density at radius 3 is 2.94 bits per heavy atom. The highest BCUT2D eigenvalue weighted by molar-refractivity contribution is 6.30. The van der Waals surface area contributed by atoms with Gasteiger partial charge < -0.3 is 14.7 Å². The lowest BCUT2D eigenvalue weighted by molar-refractivity contribution is -0.133. The van der Waals surface area contributed by atoms with Gasteiger partial charge in [-0.25, -0.2) is 0 Å². The molecule has 0 saturated heterocycles. The molecule has 0 aliphatic carbocycles. The molecule has 0 unspecified atom stereocenters. The minimum Gasteiger partial charge on any atom is -0.484 e. The van der Waals surface area contributed by atoms with Gasteiger partial charge in [-0.1, -0.05) is 23.7 Å². The van der Waals surface area contributed by atoms with Crippen molar-refractivity contribution in [2.24, 2.45) is 0 Å². The summed E-state index contributed by atoms with van der Waals surface area (Å²) in [7, 11) is 0. The molecule has 5 heteroatoms. The molecule has 0 heterocycles. The molecule has 0 fully saturated rings. The lowest BCUT2D eigenvalue weighted by Gasteiger charge is -2.20. The summed E-state index contributed by atoms with van der Waals surface area (Å²) in [6, 6.07) is 6.84. The minimum atomic E-state index is -0.205. The molecule has 0 aromatic heterocycles. The first kappa shape index (κ1) is 14.5. The Kier molecular flexibility index (Phi) is 6.25. The molecule has 0 aliphatic heterocycles. The minimum absolute atomic E-state index is 0.0866. The van der Waals surface area contributed by atoms with Crippen LogP contribution in [-0.2, 0) is 4.79 Å². The van der Waals surface area contributed by atoms with Crippen LogP contribution in [0.2, 0.25) is 5.02 Å². The van der Waals surface area contributed by atoms with Crippen LogP contribution in [0.25, 0.3) is 0 Å². The van der Waals surface area contributed by atoms with Gasteiger partial charge in [0.15, 0.2) is 6.61 Å². The van der Waals surface area contributed by atoms with Crippen LogP contribution in [0.5, 0.6) is 5.75 Å². The first-order valence-corrected chi connectivity index (χ1v) is 5.93. The molecule has 1 aromatic carbocycles. The van der Waals surface area contributed by atoms with Crippen molar-refractivity contribution in [1.82, 2.24) is 4.90 Å². The normalized spacial score (nSPS) is 9.89. The van der Waals surface area contributed by atoms with E-state index in [1.165, 1.54) is 4.90 Å². The van der Waals surface area contributed by atoms with Crippen LogP contribution in [0, 0.1) is 0 Å². The van der Waals surface area contributed by atoms with Crippen molar-refractivity contribution in [3.05, 3.63) is 41.9 Å².